The van der Waals surface area contributed by atoms with Gasteiger partial charge in [-0.3, -0.25) is 0 Å². The molecule has 2 nitrogen and oxygen atoms in total. The number of aryl methyl sites for hydroxylation is 2. The summed E-state index contributed by atoms with van der Waals surface area (Å²) >= 11 is 1.54. The number of hydrogen-bond acceptors (Lipinski definition) is 2. The van der Waals surface area contributed by atoms with E-state index in [1.165, 1.54) is 11.1 Å². The Morgan fingerprint density at radius 1 is 0.684 bits per heavy atom. The molecule has 2 aromatic carbocycles. The zero-order chi connectivity index (χ0) is 13.9. The molecule has 0 atom stereocenters. The van der Waals surface area contributed by atoms with Gasteiger partial charge in [0.1, 0.15) is 0 Å². The van der Waals surface area contributed by atoms with Crippen LogP contribution in [0.5, 0.6) is 11.5 Å². The van der Waals surface area contributed by atoms with E-state index >= 15 is 0 Å². The Kier molecular flexibility index (Phi) is 5.71. The van der Waals surface area contributed by atoms with E-state index in [4.69, 9.17) is 5.71 Å². The molecule has 0 fully saturated rings. The van der Waals surface area contributed by atoms with Crippen molar-refractivity contribution in [1.82, 2.24) is 0 Å². The summed E-state index contributed by atoms with van der Waals surface area (Å²) in [6, 6.07) is 16.2. The second kappa shape index (κ2) is 6.89. The predicted octanol–water partition coefficient (Wildman–Crippen LogP) is 5.45. The van der Waals surface area contributed by atoms with Gasteiger partial charge < -0.3 is 0 Å². The molecular weight excluding hydrogens is 632 g/mol. The van der Waals surface area contributed by atoms with Gasteiger partial charge in [0.2, 0.25) is 0 Å². The maximum atomic E-state index is 6.06. The molecule has 0 aromatic heterocycles. The number of halogens is 2. The van der Waals surface area contributed by atoms with Crippen LogP contribution in [0.15, 0.2) is 48.5 Å². The molecule has 0 amide bonds. The van der Waals surface area contributed by atoms with E-state index in [0.717, 1.165) is 11.5 Å². The van der Waals surface area contributed by atoms with Gasteiger partial charge >= 0.3 is 140 Å². The summed E-state index contributed by atoms with van der Waals surface area (Å²) < 4.78 is 12.1. The fourth-order valence-corrected chi connectivity index (χ4v) is 12.9. The Morgan fingerprint density at radius 3 is 1.32 bits per heavy atom. The minimum absolute atomic E-state index is 0.892. The fourth-order valence-electron chi connectivity index (χ4n) is 1.51. The maximum absolute atomic E-state index is 6.06. The average Bonchev–Trinajstić information content (AvgIpc) is 2.34. The summed E-state index contributed by atoms with van der Waals surface area (Å²) in [4.78, 5) is 0. The van der Waals surface area contributed by atoms with Crippen LogP contribution in [-0.2, 0) is 12.5 Å². The Labute approximate surface area is 138 Å². The summed E-state index contributed by atoms with van der Waals surface area (Å²) in [6.45, 7) is 4.14. The van der Waals surface area contributed by atoms with Gasteiger partial charge in [-0.25, -0.2) is 0 Å². The first kappa shape index (κ1) is 15.8. The van der Waals surface area contributed by atoms with E-state index in [9.17, 15) is 0 Å². The number of rotatable bonds is 4. The van der Waals surface area contributed by atoms with E-state index < -0.39 is 12.5 Å². The summed E-state index contributed by atoms with van der Waals surface area (Å²) in [6.07, 6.45) is 0. The number of hydrogen-bond donors (Lipinski definition) is 0. The van der Waals surface area contributed by atoms with Gasteiger partial charge in [0, 0.05) is 0 Å². The van der Waals surface area contributed by atoms with Crippen molar-refractivity contribution in [1.29, 1.82) is 0 Å². The zero-order valence-electron chi connectivity index (χ0n) is 10.7. The first-order chi connectivity index (χ1) is 8.94. The minimum atomic E-state index is -3.19. The molecule has 5 heteroatoms. The second-order valence-electron chi connectivity index (χ2n) is 4.29. The van der Waals surface area contributed by atoms with Gasteiger partial charge in [-0.15, -0.1) is 0 Å². The summed E-state index contributed by atoms with van der Waals surface area (Å²) in [5, 5.41) is 0. The monoisotopic (exact) mass is 648 g/mol. The Morgan fingerprint density at radius 2 is 1.00 bits per heavy atom. The molecular formula is C14H14HfI2O2. The van der Waals surface area contributed by atoms with Gasteiger partial charge in [-0.2, -0.15) is 0 Å². The first-order valence-corrected chi connectivity index (χ1v) is 29.1. The second-order valence-corrected chi connectivity index (χ2v) is 49.2. The van der Waals surface area contributed by atoms with Crippen molar-refractivity contribution >= 4 is 36.3 Å². The van der Waals surface area contributed by atoms with Crippen LogP contribution in [0.25, 0.3) is 0 Å². The van der Waals surface area contributed by atoms with Crippen molar-refractivity contribution in [2.24, 2.45) is 0 Å². The summed E-state index contributed by atoms with van der Waals surface area (Å²) in [5.41, 5.74) is 2.46. The molecule has 2 aromatic rings. The Balaban J connectivity index is 2.05. The van der Waals surface area contributed by atoms with Crippen LogP contribution >= 0.6 is 36.3 Å². The van der Waals surface area contributed by atoms with Crippen molar-refractivity contribution in [2.75, 3.05) is 0 Å². The van der Waals surface area contributed by atoms with Crippen LogP contribution in [0, 0.1) is 13.8 Å². The van der Waals surface area contributed by atoms with Crippen LogP contribution in [0.3, 0.4) is 0 Å². The van der Waals surface area contributed by atoms with Crippen molar-refractivity contribution in [2.45, 2.75) is 13.8 Å². The molecule has 0 aliphatic rings. The van der Waals surface area contributed by atoms with Crippen LogP contribution < -0.4 is 5.71 Å². The molecule has 0 saturated heterocycles. The molecule has 0 aliphatic heterocycles. The van der Waals surface area contributed by atoms with Crippen molar-refractivity contribution in [3.63, 3.8) is 0 Å². The number of benzene rings is 2. The quantitative estimate of drug-likeness (QED) is 0.326. The first-order valence-electron chi connectivity index (χ1n) is 5.84. The predicted molar refractivity (Wildman–Crippen MR) is 91.7 cm³/mol. The van der Waals surface area contributed by atoms with Crippen molar-refractivity contribution in [3.05, 3.63) is 59.7 Å². The Hall–Kier alpha value is 0.370. The van der Waals surface area contributed by atoms with Crippen LogP contribution in [0.1, 0.15) is 11.1 Å². The SMILES string of the molecule is Cc1ccc([O][Hf]([I])([I])[O]c2ccc(C)cc2)cc1. The summed E-state index contributed by atoms with van der Waals surface area (Å²) in [7, 11) is 0. The topological polar surface area (TPSA) is 18.5 Å². The molecule has 0 spiro atoms. The van der Waals surface area contributed by atoms with Crippen molar-refractivity contribution in [3.8, 4) is 11.5 Å². The van der Waals surface area contributed by atoms with Crippen LogP contribution in [0.2, 0.25) is 0 Å². The van der Waals surface area contributed by atoms with Crippen LogP contribution in [0.4, 0.5) is 0 Å². The normalized spacial score (nSPS) is 11.2. The van der Waals surface area contributed by atoms with E-state index in [0.29, 0.717) is 0 Å². The third kappa shape index (κ3) is 5.34. The molecule has 100 valence electrons. The van der Waals surface area contributed by atoms with Gasteiger partial charge in [0.15, 0.2) is 0 Å². The third-order valence-corrected chi connectivity index (χ3v) is 13.1. The van der Waals surface area contributed by atoms with Gasteiger partial charge in [-0.05, 0) is 0 Å². The van der Waals surface area contributed by atoms with E-state index in [-0.39, 0.29) is 0 Å². The zero-order valence-corrected chi connectivity index (χ0v) is 18.6. The van der Waals surface area contributed by atoms with Gasteiger partial charge in [-0.1, -0.05) is 0 Å². The molecule has 19 heavy (non-hydrogen) atoms. The van der Waals surface area contributed by atoms with Gasteiger partial charge in [0.05, 0.1) is 0 Å². The molecule has 0 radical (unpaired) electrons. The van der Waals surface area contributed by atoms with E-state index in [1.807, 2.05) is 24.3 Å². The molecule has 0 saturated carbocycles. The molecule has 0 unspecified atom stereocenters. The molecule has 2 rings (SSSR count). The molecule has 0 aliphatic carbocycles. The Bertz CT molecular complexity index is 489. The van der Waals surface area contributed by atoms with E-state index in [1.54, 1.807) is 0 Å². The fraction of sp³-hybridized carbons (Fsp3) is 0.143. The van der Waals surface area contributed by atoms with Crippen LogP contribution in [-0.4, -0.2) is 0 Å². The molecule has 0 N–H and O–H groups in total. The average molecular weight is 647 g/mol. The van der Waals surface area contributed by atoms with E-state index in [2.05, 4.69) is 74.4 Å². The molecule has 0 bridgehead atoms. The standard InChI is InChI=1S/2C7H8O.Hf.2HI/c2*1-6-2-4-7(8)5-3-6;;;/h2*2-5,8H,1H3;;2*1H/q;;+4;;/p-4. The van der Waals surface area contributed by atoms with Gasteiger partial charge in [0.25, 0.3) is 0 Å². The third-order valence-electron chi connectivity index (χ3n) is 2.52. The summed E-state index contributed by atoms with van der Waals surface area (Å²) in [5.74, 6) is 1.78. The van der Waals surface area contributed by atoms with Crippen molar-refractivity contribution < 1.29 is 18.2 Å². The molecule has 0 heterocycles.